The van der Waals surface area contributed by atoms with Gasteiger partial charge >= 0.3 is 6.18 Å². The number of hydrogen-bond acceptors (Lipinski definition) is 4. The molecule has 3 rings (SSSR count). The monoisotopic (exact) mass is 458 g/mol. The number of thiophene rings is 2. The third kappa shape index (κ3) is 4.40. The molecule has 1 aromatic carbocycles. The molecule has 1 N–H and O–H groups in total. The van der Waals surface area contributed by atoms with Crippen LogP contribution in [0.2, 0.25) is 0 Å². The lowest BCUT2D eigenvalue weighted by molar-refractivity contribution is -0.136. The van der Waals surface area contributed by atoms with Crippen LogP contribution in [0.1, 0.15) is 20.8 Å². The summed E-state index contributed by atoms with van der Waals surface area (Å²) in [5.41, 5.74) is -0.954. The molecule has 26 heavy (non-hydrogen) atoms. The number of hydrogen-bond donors (Lipinski definition) is 1. The number of benzene rings is 1. The zero-order chi connectivity index (χ0) is 18.7. The van der Waals surface area contributed by atoms with Crippen LogP contribution in [0, 0.1) is 0 Å². The Morgan fingerprint density at radius 1 is 1.15 bits per heavy atom. The fourth-order valence-corrected chi connectivity index (χ4v) is 4.15. The number of nitrogens with zero attached hydrogens (tertiary/aromatic N) is 1. The molecule has 0 atom stereocenters. The minimum absolute atomic E-state index is 0.221. The first-order chi connectivity index (χ1) is 12.3. The van der Waals surface area contributed by atoms with E-state index in [0.717, 1.165) is 14.7 Å². The van der Waals surface area contributed by atoms with Gasteiger partial charge in [-0.15, -0.1) is 22.7 Å². The Labute approximate surface area is 163 Å². The van der Waals surface area contributed by atoms with E-state index in [1.54, 1.807) is 11.6 Å². The normalized spacial score (nSPS) is 11.8. The maximum Gasteiger partial charge on any atom is 0.418 e. The van der Waals surface area contributed by atoms with Crippen molar-refractivity contribution in [2.75, 3.05) is 5.32 Å². The number of carbonyl (C=O) groups is 1. The summed E-state index contributed by atoms with van der Waals surface area (Å²) >= 11 is 6.07. The Morgan fingerprint density at radius 2 is 1.92 bits per heavy atom. The highest BCUT2D eigenvalue weighted by atomic mass is 79.9. The highest BCUT2D eigenvalue weighted by Crippen LogP contribution is 2.35. The molecular formula is C17H10BrF3N2OS2. The van der Waals surface area contributed by atoms with Crippen molar-refractivity contribution >= 4 is 61.4 Å². The summed E-state index contributed by atoms with van der Waals surface area (Å²) in [6.45, 7) is 0. The molecule has 1 amide bonds. The Balaban J connectivity index is 1.82. The number of alkyl halides is 3. The summed E-state index contributed by atoms with van der Waals surface area (Å²) in [4.78, 5) is 17.6. The molecule has 0 saturated heterocycles. The van der Waals surface area contributed by atoms with E-state index in [9.17, 15) is 18.0 Å². The molecule has 0 aliphatic heterocycles. The molecule has 0 unspecified atom stereocenters. The number of nitrogens with one attached hydrogen (secondary N) is 1. The van der Waals surface area contributed by atoms with Gasteiger partial charge in [-0.2, -0.15) is 13.2 Å². The van der Waals surface area contributed by atoms with E-state index < -0.39 is 17.6 Å². The van der Waals surface area contributed by atoms with Crippen molar-refractivity contribution in [2.45, 2.75) is 6.18 Å². The van der Waals surface area contributed by atoms with Gasteiger partial charge in [-0.1, -0.05) is 12.1 Å². The van der Waals surface area contributed by atoms with Crippen molar-refractivity contribution in [2.24, 2.45) is 4.99 Å². The number of para-hydroxylation sites is 1. The summed E-state index contributed by atoms with van der Waals surface area (Å²) in [7, 11) is 0. The van der Waals surface area contributed by atoms with Crippen LogP contribution in [0.15, 0.2) is 56.6 Å². The number of carbonyl (C=O) groups excluding carboxylic acids is 1. The van der Waals surface area contributed by atoms with Crippen molar-refractivity contribution in [1.29, 1.82) is 0 Å². The lowest BCUT2D eigenvalue weighted by atomic mass is 10.1. The van der Waals surface area contributed by atoms with Crippen LogP contribution in [-0.4, -0.2) is 12.1 Å². The quantitative estimate of drug-likeness (QED) is 0.440. The fraction of sp³-hybridized carbons (Fsp3) is 0.0588. The fourth-order valence-electron chi connectivity index (χ4n) is 2.12. The Kier molecular flexibility index (Phi) is 5.59. The number of aliphatic imine (C=N–C) groups is 1. The molecule has 2 heterocycles. The third-order valence-electron chi connectivity index (χ3n) is 3.27. The first-order valence-corrected chi connectivity index (χ1v) is 9.68. The van der Waals surface area contributed by atoms with Crippen LogP contribution in [-0.2, 0) is 6.18 Å². The highest BCUT2D eigenvalue weighted by Gasteiger charge is 2.33. The van der Waals surface area contributed by atoms with Crippen molar-refractivity contribution in [3.05, 3.63) is 67.6 Å². The summed E-state index contributed by atoms with van der Waals surface area (Å²) in [6.07, 6.45) is -2.94. The summed E-state index contributed by atoms with van der Waals surface area (Å²) in [5.74, 6) is -0.637. The van der Waals surface area contributed by atoms with E-state index >= 15 is 0 Å². The molecule has 3 nitrogen and oxygen atoms in total. The van der Waals surface area contributed by atoms with Crippen LogP contribution in [0.3, 0.4) is 0 Å². The van der Waals surface area contributed by atoms with Gasteiger partial charge in [0.1, 0.15) is 5.00 Å². The molecule has 0 bridgehead atoms. The lowest BCUT2D eigenvalue weighted by Gasteiger charge is -2.13. The Hall–Kier alpha value is -1.97. The van der Waals surface area contributed by atoms with Crippen LogP contribution in [0.25, 0.3) is 0 Å². The molecule has 2 aromatic heterocycles. The number of rotatable bonds is 4. The number of amides is 1. The van der Waals surface area contributed by atoms with Crippen LogP contribution in [0.4, 0.5) is 23.9 Å². The SMILES string of the molecule is O=C(Nc1ccccc1C(F)(F)F)c1ccsc1N=Cc1ccc(Br)s1. The molecule has 9 heteroatoms. The van der Waals surface area contributed by atoms with Crippen LogP contribution < -0.4 is 5.32 Å². The minimum atomic E-state index is -4.55. The van der Waals surface area contributed by atoms with Gasteiger partial charge in [-0.05, 0) is 51.6 Å². The summed E-state index contributed by atoms with van der Waals surface area (Å²) in [5, 5.41) is 4.43. The van der Waals surface area contributed by atoms with Gasteiger partial charge in [0.15, 0.2) is 0 Å². The zero-order valence-corrected chi connectivity index (χ0v) is 16.1. The van der Waals surface area contributed by atoms with Crippen molar-refractivity contribution < 1.29 is 18.0 Å². The van der Waals surface area contributed by atoms with Gasteiger partial charge < -0.3 is 5.32 Å². The molecule has 0 fully saturated rings. The maximum atomic E-state index is 13.1. The van der Waals surface area contributed by atoms with Gasteiger partial charge in [0.2, 0.25) is 0 Å². The average Bonchev–Trinajstić information content (AvgIpc) is 3.21. The molecule has 0 spiro atoms. The van der Waals surface area contributed by atoms with E-state index in [1.807, 2.05) is 12.1 Å². The van der Waals surface area contributed by atoms with Gasteiger partial charge in [-0.3, -0.25) is 4.79 Å². The maximum absolute atomic E-state index is 13.1. The van der Waals surface area contributed by atoms with E-state index in [2.05, 4.69) is 26.2 Å². The molecular weight excluding hydrogens is 449 g/mol. The Morgan fingerprint density at radius 3 is 2.62 bits per heavy atom. The van der Waals surface area contributed by atoms with Crippen LogP contribution in [0.5, 0.6) is 0 Å². The predicted molar refractivity (Wildman–Crippen MR) is 103 cm³/mol. The molecule has 3 aromatic rings. The van der Waals surface area contributed by atoms with Gasteiger partial charge in [-0.25, -0.2) is 4.99 Å². The van der Waals surface area contributed by atoms with Crippen molar-refractivity contribution in [3.63, 3.8) is 0 Å². The first kappa shape index (κ1) is 18.8. The summed E-state index contributed by atoms with van der Waals surface area (Å²) in [6, 6.07) is 10.1. The predicted octanol–water partition coefficient (Wildman–Crippen LogP) is 6.59. The van der Waals surface area contributed by atoms with Gasteiger partial charge in [0, 0.05) is 11.1 Å². The molecule has 0 aliphatic rings. The van der Waals surface area contributed by atoms with E-state index in [1.165, 1.54) is 46.9 Å². The zero-order valence-electron chi connectivity index (χ0n) is 12.9. The van der Waals surface area contributed by atoms with Crippen molar-refractivity contribution in [3.8, 4) is 0 Å². The molecule has 0 radical (unpaired) electrons. The van der Waals surface area contributed by atoms with Crippen molar-refractivity contribution in [1.82, 2.24) is 0 Å². The molecule has 0 aliphatic carbocycles. The average molecular weight is 459 g/mol. The Bertz CT molecular complexity index is 963. The first-order valence-electron chi connectivity index (χ1n) is 7.19. The second-order valence-corrected chi connectivity index (χ2v) is 8.43. The van der Waals surface area contributed by atoms with E-state index in [4.69, 9.17) is 0 Å². The topological polar surface area (TPSA) is 41.5 Å². The smallest absolute Gasteiger partial charge is 0.321 e. The number of halogens is 4. The van der Waals surface area contributed by atoms with E-state index in [0.29, 0.717) is 5.00 Å². The minimum Gasteiger partial charge on any atom is -0.321 e. The molecule has 0 saturated carbocycles. The molecule has 134 valence electrons. The second-order valence-electron chi connectivity index (χ2n) is 5.04. The number of anilines is 1. The largest absolute Gasteiger partial charge is 0.418 e. The summed E-state index contributed by atoms with van der Waals surface area (Å²) < 4.78 is 40.1. The second kappa shape index (κ2) is 7.73. The van der Waals surface area contributed by atoms with E-state index in [-0.39, 0.29) is 11.3 Å². The highest BCUT2D eigenvalue weighted by molar-refractivity contribution is 9.11. The van der Waals surface area contributed by atoms with Crippen LogP contribution >= 0.6 is 38.6 Å². The van der Waals surface area contributed by atoms with Gasteiger partial charge in [0.25, 0.3) is 5.91 Å². The van der Waals surface area contributed by atoms with Gasteiger partial charge in [0.05, 0.1) is 20.6 Å². The lowest BCUT2D eigenvalue weighted by Crippen LogP contribution is -2.16. The third-order valence-corrected chi connectivity index (χ3v) is 5.65. The standard InChI is InChI=1S/C17H10BrF3N2OS2/c18-14-6-5-10(26-14)9-22-16-11(7-8-25-16)15(24)23-13-4-2-1-3-12(13)17(19,20)21/h1-9H,(H,23,24).